The van der Waals surface area contributed by atoms with Gasteiger partial charge in [0, 0.05) is 24.8 Å². The van der Waals surface area contributed by atoms with Crippen LogP contribution in [0.5, 0.6) is 11.5 Å². The molecule has 1 heterocycles. The van der Waals surface area contributed by atoms with Crippen molar-refractivity contribution in [3.05, 3.63) is 23.8 Å². The molecule has 21 heavy (non-hydrogen) atoms. The number of benzene rings is 1. The molecule has 0 saturated carbocycles. The average Bonchev–Trinajstić information content (AvgIpc) is 2.60. The predicted molar refractivity (Wildman–Crippen MR) is 82.8 cm³/mol. The van der Waals surface area contributed by atoms with Crippen molar-refractivity contribution in [2.24, 2.45) is 0 Å². The lowest BCUT2D eigenvalue weighted by Gasteiger charge is -2.20. The SMILES string of the molecule is CC(CS(C)(=O)=O)NC(C)c1ccc2c(c1)OCCCO2. The molecule has 1 aromatic rings. The molecule has 118 valence electrons. The number of hydrogen-bond donors (Lipinski definition) is 1. The Morgan fingerprint density at radius 2 is 1.86 bits per heavy atom. The minimum Gasteiger partial charge on any atom is -0.490 e. The zero-order valence-electron chi connectivity index (χ0n) is 12.8. The maximum atomic E-state index is 11.3. The van der Waals surface area contributed by atoms with Crippen molar-refractivity contribution in [3.8, 4) is 11.5 Å². The molecule has 0 aliphatic carbocycles. The number of ether oxygens (including phenoxy) is 2. The number of hydrogen-bond acceptors (Lipinski definition) is 5. The van der Waals surface area contributed by atoms with Crippen molar-refractivity contribution < 1.29 is 17.9 Å². The van der Waals surface area contributed by atoms with Crippen molar-refractivity contribution in [3.63, 3.8) is 0 Å². The number of nitrogens with one attached hydrogen (secondary N) is 1. The van der Waals surface area contributed by atoms with Crippen LogP contribution in [-0.4, -0.2) is 39.7 Å². The Balaban J connectivity index is 2.05. The van der Waals surface area contributed by atoms with Gasteiger partial charge in [-0.05, 0) is 31.5 Å². The van der Waals surface area contributed by atoms with Gasteiger partial charge in [-0.2, -0.15) is 0 Å². The predicted octanol–water partition coefficient (Wildman–Crippen LogP) is 1.93. The fourth-order valence-corrected chi connectivity index (χ4v) is 3.48. The van der Waals surface area contributed by atoms with Gasteiger partial charge in [-0.1, -0.05) is 6.07 Å². The van der Waals surface area contributed by atoms with E-state index in [1.807, 2.05) is 32.0 Å². The highest BCUT2D eigenvalue weighted by Crippen LogP contribution is 2.32. The molecule has 1 N–H and O–H groups in total. The van der Waals surface area contributed by atoms with Crippen LogP contribution in [0.1, 0.15) is 31.9 Å². The molecule has 1 aromatic carbocycles. The summed E-state index contributed by atoms with van der Waals surface area (Å²) in [5, 5.41) is 3.30. The highest BCUT2D eigenvalue weighted by molar-refractivity contribution is 7.90. The molecule has 2 unspecified atom stereocenters. The van der Waals surface area contributed by atoms with Crippen molar-refractivity contribution in [1.82, 2.24) is 5.32 Å². The topological polar surface area (TPSA) is 64.6 Å². The number of sulfone groups is 1. The fourth-order valence-electron chi connectivity index (χ4n) is 2.47. The van der Waals surface area contributed by atoms with Crippen LogP contribution < -0.4 is 14.8 Å². The summed E-state index contributed by atoms with van der Waals surface area (Å²) >= 11 is 0. The Kier molecular flexibility index (Phi) is 5.11. The number of rotatable bonds is 5. The second kappa shape index (κ2) is 6.66. The van der Waals surface area contributed by atoms with Crippen LogP contribution in [0.15, 0.2) is 18.2 Å². The van der Waals surface area contributed by atoms with Crippen molar-refractivity contribution in [1.29, 1.82) is 0 Å². The highest BCUT2D eigenvalue weighted by Gasteiger charge is 2.17. The summed E-state index contributed by atoms with van der Waals surface area (Å²) in [5.74, 6) is 1.66. The van der Waals surface area contributed by atoms with Crippen LogP contribution in [0.2, 0.25) is 0 Å². The summed E-state index contributed by atoms with van der Waals surface area (Å²) in [6, 6.07) is 5.80. The third kappa shape index (κ3) is 4.89. The van der Waals surface area contributed by atoms with E-state index in [2.05, 4.69) is 5.32 Å². The smallest absolute Gasteiger partial charge is 0.161 e. The molecule has 0 saturated heterocycles. The van der Waals surface area contributed by atoms with Gasteiger partial charge in [-0.3, -0.25) is 0 Å². The lowest BCUT2D eigenvalue weighted by molar-refractivity contribution is 0.297. The molecular formula is C15H23NO4S. The molecule has 0 amide bonds. The van der Waals surface area contributed by atoms with Crippen LogP contribution >= 0.6 is 0 Å². The zero-order chi connectivity index (χ0) is 15.5. The second-order valence-corrected chi connectivity index (χ2v) is 7.82. The van der Waals surface area contributed by atoms with E-state index < -0.39 is 9.84 Å². The van der Waals surface area contributed by atoms with E-state index in [-0.39, 0.29) is 17.8 Å². The molecule has 2 atom stereocenters. The van der Waals surface area contributed by atoms with E-state index in [4.69, 9.17) is 9.47 Å². The first kappa shape index (κ1) is 16.1. The minimum absolute atomic E-state index is 0.0407. The third-order valence-corrected chi connectivity index (χ3v) is 4.46. The van der Waals surface area contributed by atoms with Gasteiger partial charge in [0.15, 0.2) is 11.5 Å². The summed E-state index contributed by atoms with van der Waals surface area (Å²) in [4.78, 5) is 0. The van der Waals surface area contributed by atoms with Crippen LogP contribution in [0.25, 0.3) is 0 Å². The quantitative estimate of drug-likeness (QED) is 0.900. The van der Waals surface area contributed by atoms with Crippen molar-refractivity contribution in [2.45, 2.75) is 32.4 Å². The van der Waals surface area contributed by atoms with Crippen LogP contribution in [0, 0.1) is 0 Å². The van der Waals surface area contributed by atoms with Gasteiger partial charge >= 0.3 is 0 Å². The molecule has 0 fully saturated rings. The summed E-state index contributed by atoms with van der Waals surface area (Å²) in [6.07, 6.45) is 2.13. The van der Waals surface area contributed by atoms with Crippen molar-refractivity contribution in [2.75, 3.05) is 25.2 Å². The summed E-state index contributed by atoms with van der Waals surface area (Å²) in [5.41, 5.74) is 1.06. The molecular weight excluding hydrogens is 290 g/mol. The second-order valence-electron chi connectivity index (χ2n) is 5.64. The van der Waals surface area contributed by atoms with Crippen LogP contribution in [-0.2, 0) is 9.84 Å². The van der Waals surface area contributed by atoms with Gasteiger partial charge in [0.1, 0.15) is 9.84 Å². The van der Waals surface area contributed by atoms with Gasteiger partial charge in [-0.15, -0.1) is 0 Å². The van der Waals surface area contributed by atoms with Crippen molar-refractivity contribution >= 4 is 9.84 Å². The van der Waals surface area contributed by atoms with Gasteiger partial charge in [-0.25, -0.2) is 8.42 Å². The lowest BCUT2D eigenvalue weighted by Crippen LogP contribution is -2.34. The standard InChI is InChI=1S/C15H23NO4S/c1-11(10-21(3,17)18)16-12(2)13-5-6-14-15(9-13)20-8-4-7-19-14/h5-6,9,11-12,16H,4,7-8,10H2,1-3H3. The average molecular weight is 313 g/mol. The third-order valence-electron chi connectivity index (χ3n) is 3.36. The Morgan fingerprint density at radius 1 is 1.19 bits per heavy atom. The van der Waals surface area contributed by atoms with Crippen LogP contribution in [0.4, 0.5) is 0 Å². The van der Waals surface area contributed by atoms with E-state index in [0.29, 0.717) is 13.2 Å². The molecule has 0 aromatic heterocycles. The molecule has 0 radical (unpaired) electrons. The highest BCUT2D eigenvalue weighted by atomic mass is 32.2. The van der Waals surface area contributed by atoms with Gasteiger partial charge in [0.2, 0.25) is 0 Å². The van der Waals surface area contributed by atoms with Gasteiger partial charge in [0.25, 0.3) is 0 Å². The van der Waals surface area contributed by atoms with E-state index >= 15 is 0 Å². The molecule has 2 rings (SSSR count). The maximum absolute atomic E-state index is 11.3. The molecule has 0 bridgehead atoms. The first-order valence-corrected chi connectivity index (χ1v) is 9.24. The lowest BCUT2D eigenvalue weighted by atomic mass is 10.1. The molecule has 1 aliphatic heterocycles. The first-order chi connectivity index (χ1) is 9.85. The first-order valence-electron chi connectivity index (χ1n) is 7.18. The summed E-state index contributed by atoms with van der Waals surface area (Å²) in [7, 11) is -2.98. The van der Waals surface area contributed by atoms with E-state index in [0.717, 1.165) is 23.5 Å². The van der Waals surface area contributed by atoms with Gasteiger partial charge < -0.3 is 14.8 Å². The van der Waals surface area contributed by atoms with E-state index in [9.17, 15) is 8.42 Å². The normalized spacial score (nSPS) is 17.9. The zero-order valence-corrected chi connectivity index (χ0v) is 13.6. The Morgan fingerprint density at radius 3 is 2.52 bits per heavy atom. The van der Waals surface area contributed by atoms with Crippen LogP contribution in [0.3, 0.4) is 0 Å². The Labute approximate surface area is 126 Å². The number of fused-ring (bicyclic) bond motifs is 1. The summed E-state index contributed by atoms with van der Waals surface area (Å²) < 4.78 is 33.9. The molecule has 1 aliphatic rings. The Bertz CT molecular complexity index is 585. The molecule has 5 nitrogen and oxygen atoms in total. The summed E-state index contributed by atoms with van der Waals surface area (Å²) in [6.45, 7) is 5.22. The van der Waals surface area contributed by atoms with E-state index in [1.165, 1.54) is 6.26 Å². The monoisotopic (exact) mass is 313 g/mol. The van der Waals surface area contributed by atoms with E-state index in [1.54, 1.807) is 0 Å². The Hall–Kier alpha value is -1.27. The maximum Gasteiger partial charge on any atom is 0.161 e. The fraction of sp³-hybridized carbons (Fsp3) is 0.600. The largest absolute Gasteiger partial charge is 0.490 e. The molecule has 6 heteroatoms. The molecule has 0 spiro atoms. The van der Waals surface area contributed by atoms with Gasteiger partial charge in [0.05, 0.1) is 19.0 Å². The minimum atomic E-state index is -2.98.